The topological polar surface area (TPSA) is 140 Å². The van der Waals surface area contributed by atoms with Crippen LogP contribution in [0, 0.1) is 0 Å². The second-order valence-corrected chi connectivity index (χ2v) is 8.76. The van der Waals surface area contributed by atoms with Crippen molar-refractivity contribution < 1.29 is 38.3 Å². The van der Waals surface area contributed by atoms with Crippen molar-refractivity contribution in [1.82, 2.24) is 15.7 Å². The molecule has 30 heavy (non-hydrogen) atoms. The average Bonchev–Trinajstić information content (AvgIpc) is 2.86. The van der Waals surface area contributed by atoms with Crippen LogP contribution in [0.5, 0.6) is 0 Å². The third kappa shape index (κ3) is 9.57. The quantitative estimate of drug-likeness (QED) is 0.461. The summed E-state index contributed by atoms with van der Waals surface area (Å²) in [5.74, 6) is -2.24. The normalized spacial score (nSPS) is 15.5. The van der Waals surface area contributed by atoms with Crippen molar-refractivity contribution in [2.45, 2.75) is 84.5 Å². The molecule has 170 valence electrons. The predicted octanol–water partition coefficient (Wildman–Crippen LogP) is 1.79. The highest BCUT2D eigenvalue weighted by Crippen LogP contribution is 2.14. The fourth-order valence-electron chi connectivity index (χ4n) is 2.32. The predicted molar refractivity (Wildman–Crippen MR) is 104 cm³/mol. The summed E-state index contributed by atoms with van der Waals surface area (Å²) in [5, 5.41) is 5.32. The van der Waals surface area contributed by atoms with E-state index >= 15 is 0 Å². The van der Waals surface area contributed by atoms with E-state index in [9.17, 15) is 24.0 Å². The van der Waals surface area contributed by atoms with E-state index in [1.54, 1.807) is 41.5 Å². The third-order valence-electron chi connectivity index (χ3n) is 3.50. The SMILES string of the molecule is CC(C)(C)OC(=O)NCCC[C@H](NC(=O)OC(C)(C)C)C(=O)ON1C(=O)CCC1=O. The summed E-state index contributed by atoms with van der Waals surface area (Å²) in [7, 11) is 0. The van der Waals surface area contributed by atoms with Crippen molar-refractivity contribution in [2.75, 3.05) is 6.54 Å². The molecule has 1 aliphatic heterocycles. The van der Waals surface area contributed by atoms with Gasteiger partial charge in [-0.25, -0.2) is 14.4 Å². The molecule has 1 saturated heterocycles. The zero-order chi connectivity index (χ0) is 23.1. The molecule has 4 amide bonds. The van der Waals surface area contributed by atoms with Crippen LogP contribution in [0.1, 0.15) is 67.2 Å². The van der Waals surface area contributed by atoms with Gasteiger partial charge in [-0.3, -0.25) is 9.59 Å². The molecule has 0 bridgehead atoms. The number of carbonyl (C=O) groups excluding carboxylic acids is 5. The maximum Gasteiger partial charge on any atom is 0.408 e. The van der Waals surface area contributed by atoms with E-state index in [0.29, 0.717) is 5.06 Å². The summed E-state index contributed by atoms with van der Waals surface area (Å²) < 4.78 is 10.2. The lowest BCUT2D eigenvalue weighted by Gasteiger charge is -2.24. The molecule has 0 radical (unpaired) electrons. The van der Waals surface area contributed by atoms with E-state index in [1.165, 1.54) is 0 Å². The van der Waals surface area contributed by atoms with E-state index in [2.05, 4.69) is 10.6 Å². The zero-order valence-corrected chi connectivity index (χ0v) is 18.3. The first-order valence-corrected chi connectivity index (χ1v) is 9.72. The van der Waals surface area contributed by atoms with Gasteiger partial charge in [0.2, 0.25) is 0 Å². The Bertz CT molecular complexity index is 662. The molecule has 1 heterocycles. The summed E-state index contributed by atoms with van der Waals surface area (Å²) >= 11 is 0. The number of imide groups is 1. The summed E-state index contributed by atoms with van der Waals surface area (Å²) in [6, 6.07) is -1.19. The Labute approximate surface area is 175 Å². The molecule has 11 heteroatoms. The molecule has 0 aromatic rings. The van der Waals surface area contributed by atoms with Crippen LogP contribution in [0.25, 0.3) is 0 Å². The number of hydrogen-bond acceptors (Lipinski definition) is 8. The van der Waals surface area contributed by atoms with Crippen LogP contribution in [0.3, 0.4) is 0 Å². The lowest BCUT2D eigenvalue weighted by molar-refractivity contribution is -0.199. The van der Waals surface area contributed by atoms with Crippen LogP contribution in [0.15, 0.2) is 0 Å². The van der Waals surface area contributed by atoms with Crippen LogP contribution in [-0.2, 0) is 28.7 Å². The smallest absolute Gasteiger partial charge is 0.408 e. The molecule has 2 N–H and O–H groups in total. The maximum absolute atomic E-state index is 12.5. The molecule has 11 nitrogen and oxygen atoms in total. The number of nitrogens with one attached hydrogen (secondary N) is 2. The number of ether oxygens (including phenoxy) is 2. The fraction of sp³-hybridized carbons (Fsp3) is 0.737. The van der Waals surface area contributed by atoms with Gasteiger partial charge in [0.05, 0.1) is 0 Å². The van der Waals surface area contributed by atoms with Gasteiger partial charge >= 0.3 is 18.2 Å². The van der Waals surface area contributed by atoms with Crippen LogP contribution >= 0.6 is 0 Å². The fourth-order valence-corrected chi connectivity index (χ4v) is 2.32. The number of nitrogens with zero attached hydrogens (tertiary/aromatic N) is 1. The summed E-state index contributed by atoms with van der Waals surface area (Å²) in [4.78, 5) is 64.4. The number of alkyl carbamates (subject to hydrolysis) is 2. The third-order valence-corrected chi connectivity index (χ3v) is 3.50. The van der Waals surface area contributed by atoms with Crippen molar-refractivity contribution >= 4 is 30.0 Å². The molecule has 0 spiro atoms. The molecule has 0 aromatic carbocycles. The Kier molecular flexibility index (Phi) is 8.61. The monoisotopic (exact) mass is 429 g/mol. The Morgan fingerprint density at radius 3 is 1.93 bits per heavy atom. The lowest BCUT2D eigenvalue weighted by atomic mass is 10.1. The van der Waals surface area contributed by atoms with Crippen molar-refractivity contribution in [3.05, 3.63) is 0 Å². The summed E-state index contributed by atoms with van der Waals surface area (Å²) in [5.41, 5.74) is -1.44. The highest BCUT2D eigenvalue weighted by atomic mass is 16.7. The average molecular weight is 429 g/mol. The molecule has 0 saturated carbocycles. The minimum atomic E-state index is -1.19. The van der Waals surface area contributed by atoms with Crippen molar-refractivity contribution in [1.29, 1.82) is 0 Å². The minimum Gasteiger partial charge on any atom is -0.444 e. The van der Waals surface area contributed by atoms with Crippen LogP contribution < -0.4 is 10.6 Å². The first-order valence-electron chi connectivity index (χ1n) is 9.72. The van der Waals surface area contributed by atoms with Crippen molar-refractivity contribution in [3.8, 4) is 0 Å². The van der Waals surface area contributed by atoms with Crippen LogP contribution in [-0.4, -0.2) is 58.8 Å². The molecule has 1 fully saturated rings. The van der Waals surface area contributed by atoms with Gasteiger partial charge < -0.3 is 24.9 Å². The van der Waals surface area contributed by atoms with Gasteiger partial charge in [-0.2, -0.15) is 0 Å². The van der Waals surface area contributed by atoms with Crippen LogP contribution in [0.4, 0.5) is 9.59 Å². The van der Waals surface area contributed by atoms with E-state index in [-0.39, 0.29) is 32.2 Å². The molecule has 1 aliphatic rings. The molecule has 1 atom stereocenters. The number of rotatable bonds is 7. The molecule has 1 rings (SSSR count). The second-order valence-electron chi connectivity index (χ2n) is 8.76. The van der Waals surface area contributed by atoms with E-state index < -0.39 is 47.2 Å². The van der Waals surface area contributed by atoms with Gasteiger partial charge in [0.25, 0.3) is 11.8 Å². The number of hydrogen-bond donors (Lipinski definition) is 2. The molecule has 0 aromatic heterocycles. The van der Waals surface area contributed by atoms with E-state index in [1.807, 2.05) is 0 Å². The van der Waals surface area contributed by atoms with Crippen LogP contribution in [0.2, 0.25) is 0 Å². The molecular weight excluding hydrogens is 398 g/mol. The summed E-state index contributed by atoms with van der Waals surface area (Å²) in [6.07, 6.45) is -1.23. The molecule has 0 aliphatic carbocycles. The number of hydroxylamine groups is 2. The van der Waals surface area contributed by atoms with Crippen molar-refractivity contribution in [2.24, 2.45) is 0 Å². The van der Waals surface area contributed by atoms with Gasteiger partial charge in [-0.15, -0.1) is 5.06 Å². The number of amides is 4. The first-order chi connectivity index (χ1) is 13.7. The largest absolute Gasteiger partial charge is 0.444 e. The zero-order valence-electron chi connectivity index (χ0n) is 18.3. The highest BCUT2D eigenvalue weighted by molar-refractivity contribution is 6.01. The van der Waals surface area contributed by atoms with Crippen molar-refractivity contribution in [3.63, 3.8) is 0 Å². The van der Waals surface area contributed by atoms with E-state index in [0.717, 1.165) is 0 Å². The van der Waals surface area contributed by atoms with Gasteiger partial charge in [0.15, 0.2) is 0 Å². The Morgan fingerprint density at radius 1 is 0.933 bits per heavy atom. The highest BCUT2D eigenvalue weighted by Gasteiger charge is 2.35. The second kappa shape index (κ2) is 10.3. The molecular formula is C19H31N3O8. The van der Waals surface area contributed by atoms with E-state index in [4.69, 9.17) is 14.3 Å². The lowest BCUT2D eigenvalue weighted by Crippen LogP contribution is -2.47. The van der Waals surface area contributed by atoms with Gasteiger partial charge in [0, 0.05) is 19.4 Å². The minimum absolute atomic E-state index is 0.0456. The standard InChI is InChI=1S/C19H31N3O8/c1-18(2,3)28-16(26)20-11-7-8-12(21-17(27)29-19(4,5)6)15(25)30-22-13(23)9-10-14(22)24/h12H,7-11H2,1-6H3,(H,20,26)(H,21,27)/t12-/m0/s1. The first kappa shape index (κ1) is 25.2. The Balaban J connectivity index is 2.66. The Hall–Kier alpha value is -2.85. The van der Waals surface area contributed by atoms with Gasteiger partial charge in [-0.1, -0.05) is 0 Å². The maximum atomic E-state index is 12.5. The van der Waals surface area contributed by atoms with Gasteiger partial charge in [-0.05, 0) is 54.4 Å². The number of carbonyl (C=O) groups is 5. The molecule has 0 unspecified atom stereocenters. The summed E-state index contributed by atoms with van der Waals surface area (Å²) in [6.45, 7) is 10.3. The van der Waals surface area contributed by atoms with Gasteiger partial charge in [0.1, 0.15) is 17.2 Å². The Morgan fingerprint density at radius 2 is 1.43 bits per heavy atom.